The normalized spacial score (nSPS) is 13.2. The van der Waals surface area contributed by atoms with Gasteiger partial charge >= 0.3 is 0 Å². The molecule has 0 fully saturated rings. The van der Waals surface area contributed by atoms with Gasteiger partial charge in [0.1, 0.15) is 12.4 Å². The molecule has 4 aromatic rings. The van der Waals surface area contributed by atoms with Crippen LogP contribution in [-0.4, -0.2) is 24.1 Å². The van der Waals surface area contributed by atoms with E-state index in [1.54, 1.807) is 0 Å². The van der Waals surface area contributed by atoms with E-state index in [2.05, 4.69) is 76.8 Å². The molecule has 0 bridgehead atoms. The molecule has 4 N–H and O–H groups in total. The van der Waals surface area contributed by atoms with Crippen LogP contribution in [0, 0.1) is 0 Å². The molecule has 0 saturated heterocycles. The van der Waals surface area contributed by atoms with E-state index in [1.807, 2.05) is 36.4 Å². The minimum absolute atomic E-state index is 0.0429. The summed E-state index contributed by atoms with van der Waals surface area (Å²) >= 11 is 0. The molecule has 0 unspecified atom stereocenters. The fourth-order valence-electron chi connectivity index (χ4n) is 4.99. The molecule has 0 aliphatic heterocycles. The highest BCUT2D eigenvalue weighted by atomic mass is 19.3. The van der Waals surface area contributed by atoms with Gasteiger partial charge in [0.15, 0.2) is 5.84 Å². The van der Waals surface area contributed by atoms with Crippen molar-refractivity contribution in [2.24, 2.45) is 16.7 Å². The van der Waals surface area contributed by atoms with Crippen molar-refractivity contribution in [2.75, 3.05) is 13.2 Å². The van der Waals surface area contributed by atoms with Gasteiger partial charge in [0.05, 0.1) is 13.2 Å². The summed E-state index contributed by atoms with van der Waals surface area (Å²) in [7, 11) is 0. The largest absolute Gasteiger partial charge is 0.489 e. The van der Waals surface area contributed by atoms with Crippen LogP contribution in [-0.2, 0) is 18.0 Å². The van der Waals surface area contributed by atoms with Gasteiger partial charge in [-0.2, -0.15) is 4.94 Å². The van der Waals surface area contributed by atoms with Crippen LogP contribution in [0.5, 0.6) is 5.75 Å². The Bertz CT molecular complexity index is 1470. The Hall–Kier alpha value is -4.46. The molecule has 0 heterocycles. The van der Waals surface area contributed by atoms with Gasteiger partial charge in [-0.15, -0.1) is 5.10 Å². The van der Waals surface area contributed by atoms with Crippen LogP contribution in [0.2, 0.25) is 0 Å². The third kappa shape index (κ3) is 6.57. The van der Waals surface area contributed by atoms with Crippen LogP contribution in [0.4, 0.5) is 4.53 Å². The molecule has 4 aromatic carbocycles. The van der Waals surface area contributed by atoms with Gasteiger partial charge in [-0.25, -0.2) is 11.0 Å². The fourth-order valence-corrected chi connectivity index (χ4v) is 4.99. The maximum Gasteiger partial charge on any atom is 0.152 e. The molecule has 6 nitrogen and oxygen atoms in total. The Morgan fingerprint density at radius 1 is 0.850 bits per heavy atom. The average molecular weight is 537 g/mol. The second-order valence-electron chi connectivity index (χ2n) is 9.71. The lowest BCUT2D eigenvalue weighted by molar-refractivity contribution is -0.133. The van der Waals surface area contributed by atoms with Gasteiger partial charge in [0.25, 0.3) is 0 Å². The van der Waals surface area contributed by atoms with Crippen molar-refractivity contribution in [1.82, 2.24) is 5.12 Å². The van der Waals surface area contributed by atoms with Crippen molar-refractivity contribution in [3.63, 3.8) is 0 Å². The summed E-state index contributed by atoms with van der Waals surface area (Å²) in [6.07, 6.45) is 2.26. The third-order valence-electron chi connectivity index (χ3n) is 6.98. The van der Waals surface area contributed by atoms with E-state index in [0.29, 0.717) is 19.6 Å². The van der Waals surface area contributed by atoms with Crippen molar-refractivity contribution in [1.29, 1.82) is 0 Å². The van der Waals surface area contributed by atoms with Crippen LogP contribution >= 0.6 is 0 Å². The number of aryl methyl sites for hydroxylation is 1. The molecule has 0 radical (unpaired) electrons. The first-order valence-electron chi connectivity index (χ1n) is 13.4. The van der Waals surface area contributed by atoms with Gasteiger partial charge < -0.3 is 10.5 Å². The Kier molecular flexibility index (Phi) is 8.86. The molecule has 1 aliphatic carbocycles. The first-order chi connectivity index (χ1) is 19.6. The number of ether oxygens (including phenoxy) is 1. The second kappa shape index (κ2) is 13.1. The molecular formula is C33H33FN4O2. The molecule has 0 amide bonds. The Labute approximate surface area is 234 Å². The van der Waals surface area contributed by atoms with Crippen LogP contribution in [0.3, 0.4) is 0 Å². The van der Waals surface area contributed by atoms with Crippen LogP contribution in [0.15, 0.2) is 108 Å². The van der Waals surface area contributed by atoms with E-state index >= 15 is 0 Å². The summed E-state index contributed by atoms with van der Waals surface area (Å²) in [6, 6.07) is 35.2. The van der Waals surface area contributed by atoms with E-state index in [0.717, 1.165) is 35.3 Å². The SMILES string of the molecule is N/C(=N\N(N)CCCOF)c1ccc(C2=C(c3ccccc3)CCc3cc(OCc4ccccc4)ccc32)cc1. The highest BCUT2D eigenvalue weighted by molar-refractivity contribution is 6.02. The Morgan fingerprint density at radius 3 is 2.30 bits per heavy atom. The fraction of sp³-hybridized carbons (Fsp3) is 0.182. The lowest BCUT2D eigenvalue weighted by Gasteiger charge is -2.25. The summed E-state index contributed by atoms with van der Waals surface area (Å²) < 4.78 is 18.0. The number of halogens is 1. The minimum Gasteiger partial charge on any atom is -0.489 e. The van der Waals surface area contributed by atoms with Crippen molar-refractivity contribution in [3.05, 3.63) is 137 Å². The molecule has 0 spiro atoms. The van der Waals surface area contributed by atoms with Gasteiger partial charge in [-0.05, 0) is 74.9 Å². The number of rotatable bonds is 11. The summed E-state index contributed by atoms with van der Waals surface area (Å²) in [5.41, 5.74) is 15.4. The maximum absolute atomic E-state index is 11.9. The van der Waals surface area contributed by atoms with Gasteiger partial charge in [-0.1, -0.05) is 91.0 Å². The molecule has 40 heavy (non-hydrogen) atoms. The molecule has 7 heteroatoms. The van der Waals surface area contributed by atoms with E-state index < -0.39 is 0 Å². The minimum atomic E-state index is -0.0429. The first-order valence-corrected chi connectivity index (χ1v) is 13.4. The van der Waals surface area contributed by atoms with E-state index in [9.17, 15) is 4.53 Å². The number of hydrogen-bond acceptors (Lipinski definition) is 5. The molecule has 0 saturated carbocycles. The zero-order chi connectivity index (χ0) is 27.7. The number of nitrogens with two attached hydrogens (primary N) is 2. The van der Waals surface area contributed by atoms with Gasteiger partial charge in [0, 0.05) is 5.56 Å². The average Bonchev–Trinajstić information content (AvgIpc) is 3.00. The molecular weight excluding hydrogens is 503 g/mol. The van der Waals surface area contributed by atoms with Crippen LogP contribution in [0.1, 0.15) is 46.2 Å². The van der Waals surface area contributed by atoms with Crippen LogP contribution in [0.25, 0.3) is 11.1 Å². The smallest absolute Gasteiger partial charge is 0.152 e. The monoisotopic (exact) mass is 536 g/mol. The van der Waals surface area contributed by atoms with Gasteiger partial charge in [0.2, 0.25) is 0 Å². The highest BCUT2D eigenvalue weighted by Crippen LogP contribution is 2.41. The molecule has 5 rings (SSSR count). The first kappa shape index (κ1) is 27.1. The van der Waals surface area contributed by atoms with E-state index in [-0.39, 0.29) is 12.4 Å². The van der Waals surface area contributed by atoms with E-state index in [4.69, 9.17) is 16.3 Å². The third-order valence-corrected chi connectivity index (χ3v) is 6.98. The zero-order valence-electron chi connectivity index (χ0n) is 22.3. The number of allylic oxidation sites excluding steroid dienone is 1. The quantitative estimate of drug-likeness (QED) is 0.0777. The van der Waals surface area contributed by atoms with E-state index in [1.165, 1.54) is 33.0 Å². The predicted octanol–water partition coefficient (Wildman–Crippen LogP) is 6.26. The highest BCUT2D eigenvalue weighted by Gasteiger charge is 2.22. The van der Waals surface area contributed by atoms with Crippen molar-refractivity contribution >= 4 is 17.0 Å². The summed E-state index contributed by atoms with van der Waals surface area (Å²) in [4.78, 5) is 3.58. The number of hydrogen-bond donors (Lipinski definition) is 2. The summed E-state index contributed by atoms with van der Waals surface area (Å²) in [5, 5.41) is 5.41. The number of hydrazone groups is 1. The lowest BCUT2D eigenvalue weighted by Crippen LogP contribution is -2.30. The topological polar surface area (TPSA) is 86.1 Å². The molecule has 0 aromatic heterocycles. The summed E-state index contributed by atoms with van der Waals surface area (Å²) in [6.45, 7) is 0.814. The van der Waals surface area contributed by atoms with Gasteiger partial charge in [-0.3, -0.25) is 0 Å². The molecule has 1 aliphatic rings. The predicted molar refractivity (Wildman–Crippen MR) is 158 cm³/mol. The maximum atomic E-state index is 11.9. The Morgan fingerprint density at radius 2 is 1.57 bits per heavy atom. The Balaban J connectivity index is 1.44. The number of amidine groups is 1. The number of fused-ring (bicyclic) bond motifs is 1. The lowest BCUT2D eigenvalue weighted by atomic mass is 9.79. The number of nitrogens with zero attached hydrogens (tertiary/aromatic N) is 2. The second-order valence-corrected chi connectivity index (χ2v) is 9.71. The molecule has 204 valence electrons. The number of benzene rings is 4. The zero-order valence-corrected chi connectivity index (χ0v) is 22.3. The van der Waals surface area contributed by atoms with Crippen molar-refractivity contribution < 1.29 is 14.2 Å². The van der Waals surface area contributed by atoms with Crippen LogP contribution < -0.4 is 16.3 Å². The number of hydrazine groups is 1. The summed E-state index contributed by atoms with van der Waals surface area (Å²) in [5.74, 6) is 7.03. The van der Waals surface area contributed by atoms with Crippen molar-refractivity contribution in [2.45, 2.75) is 25.9 Å². The molecule has 0 atom stereocenters. The van der Waals surface area contributed by atoms with Crippen molar-refractivity contribution in [3.8, 4) is 5.75 Å². The standard InChI is InChI=1S/C33H33FN4O2/c34-40-21-7-20-38(36)37-33(35)27-14-12-26(13-15-27)32-30(25-10-5-2-6-11-25)18-16-28-22-29(17-19-31(28)32)39-23-24-8-3-1-4-9-24/h1-6,8-15,17,19,22H,7,16,18,20-21,23,36H2,(H2,35,37).